The molecule has 128 valence electrons. The third-order valence-electron chi connectivity index (χ3n) is 3.49. The van der Waals surface area contributed by atoms with Crippen molar-refractivity contribution in [1.29, 1.82) is 0 Å². The Labute approximate surface area is 139 Å². The number of aliphatic hydroxyl groups is 1. The van der Waals surface area contributed by atoms with Gasteiger partial charge in [-0.25, -0.2) is 8.78 Å². The molecule has 0 aliphatic carbocycles. The van der Waals surface area contributed by atoms with Crippen molar-refractivity contribution in [1.82, 2.24) is 5.32 Å². The Morgan fingerprint density at radius 1 is 1.17 bits per heavy atom. The molecule has 2 aromatic rings. The van der Waals surface area contributed by atoms with E-state index in [1.165, 1.54) is 6.07 Å². The summed E-state index contributed by atoms with van der Waals surface area (Å²) in [5.41, 5.74) is 1.96. The van der Waals surface area contributed by atoms with Crippen molar-refractivity contribution < 1.29 is 23.4 Å². The van der Waals surface area contributed by atoms with Crippen molar-refractivity contribution in [3.63, 3.8) is 0 Å². The Kier molecular flexibility index (Phi) is 6.40. The van der Waals surface area contributed by atoms with Crippen molar-refractivity contribution in [3.05, 3.63) is 70.8 Å². The fourth-order valence-corrected chi connectivity index (χ4v) is 2.17. The largest absolute Gasteiger partial charge is 0.394 e. The molecule has 4 nitrogen and oxygen atoms in total. The van der Waals surface area contributed by atoms with Gasteiger partial charge in [-0.3, -0.25) is 4.79 Å². The number of aryl methyl sites for hydroxylation is 1. The minimum atomic E-state index is -1.07. The highest BCUT2D eigenvalue weighted by Gasteiger charge is 2.15. The second-order valence-corrected chi connectivity index (χ2v) is 5.33. The van der Waals surface area contributed by atoms with Crippen molar-refractivity contribution in [2.45, 2.75) is 13.0 Å². The molecule has 2 rings (SSSR count). The number of carbonyl (C=O) groups is 1. The molecule has 0 unspecified atom stereocenters. The Morgan fingerprint density at radius 3 is 2.50 bits per heavy atom. The lowest BCUT2D eigenvalue weighted by Crippen LogP contribution is -2.30. The molecule has 1 atom stereocenters. The predicted molar refractivity (Wildman–Crippen MR) is 85.6 cm³/mol. The van der Waals surface area contributed by atoms with Gasteiger partial charge in [-0.1, -0.05) is 29.8 Å². The number of amides is 1. The standard InChI is InChI=1S/C18H19F2NO3/c1-12-2-4-13(5-3-12)17(24-9-8-22)11-21-18(23)14-6-7-15(19)16(20)10-14/h2-7,10,17,22H,8-9,11H2,1H3,(H,21,23)/t17-/m0/s1. The molecule has 0 aromatic heterocycles. The van der Waals surface area contributed by atoms with Crippen molar-refractivity contribution in [2.75, 3.05) is 19.8 Å². The van der Waals surface area contributed by atoms with E-state index in [1.807, 2.05) is 31.2 Å². The van der Waals surface area contributed by atoms with Crippen LogP contribution in [0, 0.1) is 18.6 Å². The first-order valence-corrected chi connectivity index (χ1v) is 7.53. The summed E-state index contributed by atoms with van der Waals surface area (Å²) in [6, 6.07) is 10.6. The second kappa shape index (κ2) is 8.52. The SMILES string of the molecule is Cc1ccc([C@H](CNC(=O)c2ccc(F)c(F)c2)OCCO)cc1. The summed E-state index contributed by atoms with van der Waals surface area (Å²) in [4.78, 5) is 12.1. The van der Waals surface area contributed by atoms with Gasteiger partial charge in [0.15, 0.2) is 11.6 Å². The maximum absolute atomic E-state index is 13.2. The fourth-order valence-electron chi connectivity index (χ4n) is 2.17. The van der Waals surface area contributed by atoms with Gasteiger partial charge in [-0.15, -0.1) is 0 Å². The Bertz CT molecular complexity index is 689. The second-order valence-electron chi connectivity index (χ2n) is 5.33. The normalized spacial score (nSPS) is 12.0. The van der Waals surface area contributed by atoms with Crippen LogP contribution in [0.5, 0.6) is 0 Å². The van der Waals surface area contributed by atoms with Crippen LogP contribution in [0.1, 0.15) is 27.6 Å². The average Bonchev–Trinajstić information content (AvgIpc) is 2.58. The zero-order chi connectivity index (χ0) is 17.5. The molecule has 0 heterocycles. The van der Waals surface area contributed by atoms with Gasteiger partial charge >= 0.3 is 0 Å². The quantitative estimate of drug-likeness (QED) is 0.818. The number of rotatable bonds is 7. The van der Waals surface area contributed by atoms with Crippen LogP contribution in [-0.2, 0) is 4.74 Å². The number of nitrogens with one attached hydrogen (secondary N) is 1. The van der Waals surface area contributed by atoms with Crippen LogP contribution in [0.4, 0.5) is 8.78 Å². The van der Waals surface area contributed by atoms with Gasteiger partial charge in [0.2, 0.25) is 0 Å². The Balaban J connectivity index is 2.04. The molecule has 0 aliphatic heterocycles. The van der Waals surface area contributed by atoms with Crippen LogP contribution < -0.4 is 5.32 Å². The molecule has 2 N–H and O–H groups in total. The highest BCUT2D eigenvalue weighted by Crippen LogP contribution is 2.17. The highest BCUT2D eigenvalue weighted by atomic mass is 19.2. The summed E-state index contributed by atoms with van der Waals surface area (Å²) in [5.74, 6) is -2.61. The van der Waals surface area contributed by atoms with Crippen LogP contribution in [0.25, 0.3) is 0 Å². The molecule has 0 fully saturated rings. The maximum Gasteiger partial charge on any atom is 0.251 e. The van der Waals surface area contributed by atoms with E-state index in [-0.39, 0.29) is 25.3 Å². The summed E-state index contributed by atoms with van der Waals surface area (Å²) in [6.07, 6.45) is -0.452. The third kappa shape index (κ3) is 4.84. The van der Waals surface area contributed by atoms with E-state index in [4.69, 9.17) is 9.84 Å². The predicted octanol–water partition coefficient (Wildman–Crippen LogP) is 2.75. The molecular formula is C18H19F2NO3. The smallest absolute Gasteiger partial charge is 0.251 e. The fraction of sp³-hybridized carbons (Fsp3) is 0.278. The van der Waals surface area contributed by atoms with E-state index in [1.54, 1.807) is 0 Å². The van der Waals surface area contributed by atoms with E-state index in [2.05, 4.69) is 5.32 Å². The van der Waals surface area contributed by atoms with Crippen molar-refractivity contribution in [2.24, 2.45) is 0 Å². The van der Waals surface area contributed by atoms with E-state index in [0.29, 0.717) is 0 Å². The van der Waals surface area contributed by atoms with Gasteiger partial charge in [0.25, 0.3) is 5.91 Å². The number of hydrogen-bond donors (Lipinski definition) is 2. The van der Waals surface area contributed by atoms with E-state index in [0.717, 1.165) is 23.3 Å². The maximum atomic E-state index is 13.2. The van der Waals surface area contributed by atoms with Gasteiger partial charge in [0.05, 0.1) is 19.3 Å². The zero-order valence-corrected chi connectivity index (χ0v) is 13.3. The topological polar surface area (TPSA) is 58.6 Å². The Hall–Kier alpha value is -2.31. The minimum Gasteiger partial charge on any atom is -0.394 e. The van der Waals surface area contributed by atoms with Crippen LogP contribution in [0.3, 0.4) is 0 Å². The number of carbonyl (C=O) groups excluding carboxylic acids is 1. The summed E-state index contributed by atoms with van der Waals surface area (Å²) in [6.45, 7) is 2.08. The first kappa shape index (κ1) is 18.0. The van der Waals surface area contributed by atoms with Gasteiger partial charge in [-0.2, -0.15) is 0 Å². The van der Waals surface area contributed by atoms with Crippen LogP contribution in [-0.4, -0.2) is 30.8 Å². The van der Waals surface area contributed by atoms with Gasteiger partial charge < -0.3 is 15.2 Å². The van der Waals surface area contributed by atoms with E-state index < -0.39 is 23.6 Å². The molecule has 6 heteroatoms. The zero-order valence-electron chi connectivity index (χ0n) is 13.3. The number of aliphatic hydroxyl groups excluding tert-OH is 1. The molecule has 2 aromatic carbocycles. The summed E-state index contributed by atoms with van der Waals surface area (Å²) in [7, 11) is 0. The molecule has 0 saturated heterocycles. The highest BCUT2D eigenvalue weighted by molar-refractivity contribution is 5.94. The monoisotopic (exact) mass is 335 g/mol. The first-order chi connectivity index (χ1) is 11.5. The lowest BCUT2D eigenvalue weighted by Gasteiger charge is -2.19. The first-order valence-electron chi connectivity index (χ1n) is 7.53. The van der Waals surface area contributed by atoms with E-state index >= 15 is 0 Å². The molecule has 0 bridgehead atoms. The number of hydrogen-bond acceptors (Lipinski definition) is 3. The van der Waals surface area contributed by atoms with Crippen molar-refractivity contribution in [3.8, 4) is 0 Å². The molecule has 0 aliphatic rings. The minimum absolute atomic E-state index is 0.0266. The molecule has 0 saturated carbocycles. The number of halogens is 2. The summed E-state index contributed by atoms with van der Waals surface area (Å²) < 4.78 is 31.7. The molecule has 0 radical (unpaired) electrons. The van der Waals surface area contributed by atoms with Gasteiger partial charge in [-0.05, 0) is 30.7 Å². The molecule has 1 amide bonds. The lowest BCUT2D eigenvalue weighted by atomic mass is 10.1. The molecule has 0 spiro atoms. The lowest BCUT2D eigenvalue weighted by molar-refractivity contribution is 0.0277. The van der Waals surface area contributed by atoms with E-state index in [9.17, 15) is 13.6 Å². The third-order valence-corrected chi connectivity index (χ3v) is 3.49. The Morgan fingerprint density at radius 2 is 1.88 bits per heavy atom. The van der Waals surface area contributed by atoms with Crippen LogP contribution in [0.2, 0.25) is 0 Å². The van der Waals surface area contributed by atoms with Crippen LogP contribution in [0.15, 0.2) is 42.5 Å². The molecular weight excluding hydrogens is 316 g/mol. The van der Waals surface area contributed by atoms with Gasteiger partial charge in [0.1, 0.15) is 0 Å². The average molecular weight is 335 g/mol. The molecule has 24 heavy (non-hydrogen) atoms. The van der Waals surface area contributed by atoms with Crippen LogP contribution >= 0.6 is 0 Å². The number of ether oxygens (including phenoxy) is 1. The van der Waals surface area contributed by atoms with Gasteiger partial charge in [0, 0.05) is 12.1 Å². The number of benzene rings is 2. The van der Waals surface area contributed by atoms with Crippen molar-refractivity contribution >= 4 is 5.91 Å². The summed E-state index contributed by atoms with van der Waals surface area (Å²) in [5, 5.41) is 11.6. The summed E-state index contributed by atoms with van der Waals surface area (Å²) >= 11 is 0.